The Labute approximate surface area is 158 Å². The molecule has 2 aromatic rings. The first-order chi connectivity index (χ1) is 12.5. The van der Waals surface area contributed by atoms with Crippen LogP contribution < -0.4 is 5.32 Å². The van der Waals surface area contributed by atoms with Crippen LogP contribution in [0.4, 0.5) is 0 Å². The van der Waals surface area contributed by atoms with Crippen molar-refractivity contribution < 1.29 is 9.28 Å². The fraction of sp³-hybridized carbons (Fsp3) is 0.435. The van der Waals surface area contributed by atoms with E-state index >= 15 is 0 Å². The number of benzene rings is 2. The molecule has 26 heavy (non-hydrogen) atoms. The number of amides is 1. The summed E-state index contributed by atoms with van der Waals surface area (Å²) in [5.41, 5.74) is 1.48. The largest absolute Gasteiger partial charge is 0.358 e. The van der Waals surface area contributed by atoms with E-state index in [0.29, 0.717) is 0 Å². The van der Waals surface area contributed by atoms with Gasteiger partial charge in [0.25, 0.3) is 0 Å². The summed E-state index contributed by atoms with van der Waals surface area (Å²) in [4.78, 5) is 13.2. The molecule has 3 nitrogen and oxygen atoms in total. The zero-order valence-corrected chi connectivity index (χ0v) is 16.7. The van der Waals surface area contributed by atoms with Crippen LogP contribution in [0.5, 0.6) is 0 Å². The SMILES string of the molecule is CC[N+](C)(CC)CCCC(C(=O)NC)(c1ccccc1)c1ccccc1. The predicted molar refractivity (Wildman–Crippen MR) is 109 cm³/mol. The van der Waals surface area contributed by atoms with Gasteiger partial charge in [-0.1, -0.05) is 60.7 Å². The number of carbonyl (C=O) groups excluding carboxylic acids is 1. The molecule has 2 aromatic carbocycles. The standard InChI is InChI=1S/C23H32N2O/c1-5-25(4,6-2)19-13-18-23(22(26)24-3,20-14-9-7-10-15-20)21-16-11-8-12-17-21/h7-12,14-17H,5-6,13,18-19H2,1-4H3/p+1. The Bertz CT molecular complexity index is 638. The molecule has 0 unspecified atom stereocenters. The highest BCUT2D eigenvalue weighted by atomic mass is 16.2. The Balaban J connectivity index is 2.45. The maximum Gasteiger partial charge on any atom is 0.234 e. The lowest BCUT2D eigenvalue weighted by Gasteiger charge is -2.36. The van der Waals surface area contributed by atoms with Crippen molar-refractivity contribution >= 4 is 5.91 Å². The van der Waals surface area contributed by atoms with Crippen LogP contribution in [0.25, 0.3) is 0 Å². The summed E-state index contributed by atoms with van der Waals surface area (Å²) in [6.07, 6.45) is 1.80. The summed E-state index contributed by atoms with van der Waals surface area (Å²) in [5.74, 6) is 0.0668. The van der Waals surface area contributed by atoms with Gasteiger partial charge in [0.2, 0.25) is 5.91 Å². The van der Waals surface area contributed by atoms with Crippen molar-refractivity contribution in [2.45, 2.75) is 32.1 Å². The van der Waals surface area contributed by atoms with Crippen molar-refractivity contribution in [1.29, 1.82) is 0 Å². The molecule has 0 heterocycles. The third-order valence-corrected chi connectivity index (χ3v) is 5.92. The highest BCUT2D eigenvalue weighted by Gasteiger charge is 2.41. The van der Waals surface area contributed by atoms with Crippen LogP contribution in [-0.2, 0) is 10.2 Å². The fourth-order valence-corrected chi connectivity index (χ4v) is 3.76. The van der Waals surface area contributed by atoms with Crippen molar-refractivity contribution in [3.8, 4) is 0 Å². The molecule has 0 bridgehead atoms. The summed E-state index contributed by atoms with van der Waals surface area (Å²) in [7, 11) is 4.04. The van der Waals surface area contributed by atoms with Crippen LogP contribution in [0.15, 0.2) is 60.7 Å². The number of nitrogens with zero attached hydrogens (tertiary/aromatic N) is 1. The van der Waals surface area contributed by atoms with Gasteiger partial charge in [0.1, 0.15) is 0 Å². The Morgan fingerprint density at radius 2 is 1.38 bits per heavy atom. The first kappa shape index (κ1) is 20.2. The van der Waals surface area contributed by atoms with Crippen LogP contribution in [0.2, 0.25) is 0 Å². The van der Waals surface area contributed by atoms with Crippen molar-refractivity contribution in [3.05, 3.63) is 71.8 Å². The monoisotopic (exact) mass is 353 g/mol. The molecule has 2 rings (SSSR count). The number of rotatable bonds is 9. The lowest BCUT2D eigenvalue weighted by atomic mass is 9.70. The van der Waals surface area contributed by atoms with E-state index in [2.05, 4.69) is 50.5 Å². The van der Waals surface area contributed by atoms with Gasteiger partial charge in [0, 0.05) is 7.05 Å². The van der Waals surface area contributed by atoms with E-state index in [1.165, 1.54) is 0 Å². The Morgan fingerprint density at radius 3 is 1.77 bits per heavy atom. The number of carbonyl (C=O) groups is 1. The minimum atomic E-state index is -0.649. The van der Waals surface area contributed by atoms with E-state index in [9.17, 15) is 4.79 Å². The van der Waals surface area contributed by atoms with Gasteiger partial charge in [-0.15, -0.1) is 0 Å². The van der Waals surface area contributed by atoms with Crippen LogP contribution in [0.3, 0.4) is 0 Å². The molecule has 0 spiro atoms. The van der Waals surface area contributed by atoms with Gasteiger partial charge in [-0.3, -0.25) is 4.79 Å². The maximum absolute atomic E-state index is 13.2. The van der Waals surface area contributed by atoms with E-state index in [0.717, 1.165) is 48.1 Å². The molecule has 1 amide bonds. The molecule has 0 aliphatic carbocycles. The van der Waals surface area contributed by atoms with Gasteiger partial charge in [-0.05, 0) is 37.8 Å². The molecule has 0 fully saturated rings. The highest BCUT2D eigenvalue weighted by molar-refractivity contribution is 5.91. The topological polar surface area (TPSA) is 29.1 Å². The second kappa shape index (κ2) is 9.00. The Morgan fingerprint density at radius 1 is 0.923 bits per heavy atom. The van der Waals surface area contributed by atoms with E-state index in [-0.39, 0.29) is 5.91 Å². The summed E-state index contributed by atoms with van der Waals surface area (Å²) in [6, 6.07) is 20.4. The van der Waals surface area contributed by atoms with E-state index in [1.54, 1.807) is 7.05 Å². The summed E-state index contributed by atoms with van der Waals surface area (Å²) < 4.78 is 1.04. The minimum Gasteiger partial charge on any atom is -0.358 e. The normalized spacial score (nSPS) is 12.0. The van der Waals surface area contributed by atoms with Gasteiger partial charge in [-0.25, -0.2) is 0 Å². The quantitative estimate of drug-likeness (QED) is 0.679. The third-order valence-electron chi connectivity index (χ3n) is 5.92. The Kier molecular flexibility index (Phi) is 6.98. The maximum atomic E-state index is 13.2. The van der Waals surface area contributed by atoms with Crippen LogP contribution in [0.1, 0.15) is 37.8 Å². The van der Waals surface area contributed by atoms with Crippen LogP contribution in [0, 0.1) is 0 Å². The minimum absolute atomic E-state index is 0.0668. The van der Waals surface area contributed by atoms with Gasteiger partial charge >= 0.3 is 0 Å². The first-order valence-electron chi connectivity index (χ1n) is 9.69. The van der Waals surface area contributed by atoms with Gasteiger partial charge < -0.3 is 9.80 Å². The molecule has 0 saturated heterocycles. The molecule has 140 valence electrons. The van der Waals surface area contributed by atoms with Crippen molar-refractivity contribution in [2.24, 2.45) is 0 Å². The lowest BCUT2D eigenvalue weighted by molar-refractivity contribution is -0.906. The number of hydrogen-bond donors (Lipinski definition) is 1. The fourth-order valence-electron chi connectivity index (χ4n) is 3.76. The molecule has 0 aliphatic rings. The molecular formula is C23H33N2O+. The number of quaternary nitrogens is 1. The lowest BCUT2D eigenvalue weighted by Crippen LogP contribution is -2.47. The second-order valence-electron chi connectivity index (χ2n) is 7.30. The molecule has 0 radical (unpaired) electrons. The molecule has 0 saturated carbocycles. The number of nitrogens with one attached hydrogen (secondary N) is 1. The average molecular weight is 354 g/mol. The van der Waals surface area contributed by atoms with E-state index in [1.807, 2.05) is 36.4 Å². The van der Waals surface area contributed by atoms with E-state index < -0.39 is 5.41 Å². The smallest absolute Gasteiger partial charge is 0.234 e. The summed E-state index contributed by atoms with van der Waals surface area (Å²) in [6.45, 7) is 7.78. The average Bonchev–Trinajstić information content (AvgIpc) is 2.72. The van der Waals surface area contributed by atoms with Crippen molar-refractivity contribution in [3.63, 3.8) is 0 Å². The van der Waals surface area contributed by atoms with Crippen molar-refractivity contribution in [1.82, 2.24) is 5.32 Å². The first-order valence-corrected chi connectivity index (χ1v) is 9.69. The Hall–Kier alpha value is -2.13. The molecule has 1 N–H and O–H groups in total. The van der Waals surface area contributed by atoms with Crippen LogP contribution >= 0.6 is 0 Å². The molecule has 3 heteroatoms. The zero-order chi connectivity index (χ0) is 19.0. The zero-order valence-electron chi connectivity index (χ0n) is 16.7. The number of hydrogen-bond acceptors (Lipinski definition) is 1. The molecular weight excluding hydrogens is 320 g/mol. The molecule has 0 aliphatic heterocycles. The van der Waals surface area contributed by atoms with E-state index in [4.69, 9.17) is 0 Å². The van der Waals surface area contributed by atoms with Crippen molar-refractivity contribution in [2.75, 3.05) is 33.7 Å². The number of likely N-dealkylation sites (N-methyl/N-ethyl adjacent to an activating group) is 1. The summed E-state index contributed by atoms with van der Waals surface area (Å²) in [5, 5.41) is 2.93. The highest BCUT2D eigenvalue weighted by Crippen LogP contribution is 2.37. The van der Waals surface area contributed by atoms with Crippen LogP contribution in [-0.4, -0.2) is 44.1 Å². The second-order valence-corrected chi connectivity index (χ2v) is 7.30. The molecule has 0 atom stereocenters. The molecule has 0 aromatic heterocycles. The van der Waals surface area contributed by atoms with Gasteiger partial charge in [0.15, 0.2) is 0 Å². The van der Waals surface area contributed by atoms with Gasteiger partial charge in [0.05, 0.1) is 32.1 Å². The third kappa shape index (κ3) is 4.16. The summed E-state index contributed by atoms with van der Waals surface area (Å²) >= 11 is 0. The predicted octanol–water partition coefficient (Wildman–Crippen LogP) is 3.99. The van der Waals surface area contributed by atoms with Gasteiger partial charge in [-0.2, -0.15) is 0 Å².